The molecule has 3 heteroatoms. The van der Waals surface area contributed by atoms with Gasteiger partial charge in [-0.25, -0.2) is 0 Å². The van der Waals surface area contributed by atoms with Crippen LogP contribution in [0.4, 0.5) is 0 Å². The zero-order valence-electron chi connectivity index (χ0n) is 8.09. The summed E-state index contributed by atoms with van der Waals surface area (Å²) in [6.45, 7) is 1.89. The lowest BCUT2D eigenvalue weighted by molar-refractivity contribution is -0.150. The third-order valence-corrected chi connectivity index (χ3v) is 2.94. The van der Waals surface area contributed by atoms with Gasteiger partial charge in [-0.05, 0) is 32.1 Å². The van der Waals surface area contributed by atoms with Crippen molar-refractivity contribution in [2.75, 3.05) is 0 Å². The van der Waals surface area contributed by atoms with E-state index in [9.17, 15) is 4.79 Å². The first-order valence-corrected chi connectivity index (χ1v) is 5.52. The van der Waals surface area contributed by atoms with Crippen LogP contribution in [0.5, 0.6) is 0 Å². The fraction of sp³-hybridized carbons (Fsp3) is 0.900. The summed E-state index contributed by atoms with van der Waals surface area (Å²) in [6.07, 6.45) is 6.43. The molecule has 1 rings (SSSR count). The lowest BCUT2D eigenvalue weighted by Crippen LogP contribution is -2.26. The van der Waals surface area contributed by atoms with Crippen molar-refractivity contribution in [3.05, 3.63) is 0 Å². The van der Waals surface area contributed by atoms with Gasteiger partial charge in [0.2, 0.25) is 0 Å². The molecule has 0 amide bonds. The van der Waals surface area contributed by atoms with E-state index < -0.39 is 5.38 Å². The van der Waals surface area contributed by atoms with Crippen LogP contribution >= 0.6 is 11.6 Å². The van der Waals surface area contributed by atoms with Gasteiger partial charge in [0.15, 0.2) is 0 Å². The predicted molar refractivity (Wildman–Crippen MR) is 52.9 cm³/mol. The van der Waals surface area contributed by atoms with E-state index >= 15 is 0 Å². The quantitative estimate of drug-likeness (QED) is 0.522. The largest absolute Gasteiger partial charge is 0.461 e. The van der Waals surface area contributed by atoms with Crippen LogP contribution < -0.4 is 0 Å². The Morgan fingerprint density at radius 1 is 1.46 bits per heavy atom. The van der Waals surface area contributed by atoms with Crippen LogP contribution in [0.2, 0.25) is 0 Å². The molecule has 0 aromatic carbocycles. The van der Waals surface area contributed by atoms with Crippen molar-refractivity contribution in [1.29, 1.82) is 0 Å². The highest BCUT2D eigenvalue weighted by molar-refractivity contribution is 6.29. The first-order chi connectivity index (χ1) is 6.24. The normalized spacial score (nSPS) is 21.1. The Balaban J connectivity index is 2.26. The molecule has 1 fully saturated rings. The van der Waals surface area contributed by atoms with Crippen molar-refractivity contribution < 1.29 is 9.53 Å². The van der Waals surface area contributed by atoms with E-state index in [2.05, 4.69) is 0 Å². The fourth-order valence-corrected chi connectivity index (χ4v) is 1.64. The van der Waals surface area contributed by atoms with E-state index in [4.69, 9.17) is 16.3 Å². The van der Waals surface area contributed by atoms with Crippen molar-refractivity contribution in [2.45, 2.75) is 56.9 Å². The molecule has 0 saturated heterocycles. The molecule has 0 heterocycles. The van der Waals surface area contributed by atoms with Gasteiger partial charge in [0.05, 0.1) is 0 Å². The van der Waals surface area contributed by atoms with Gasteiger partial charge in [0, 0.05) is 0 Å². The second kappa shape index (κ2) is 5.48. The minimum Gasteiger partial charge on any atom is -0.461 e. The Kier molecular flexibility index (Phi) is 4.57. The van der Waals surface area contributed by atoms with Crippen LogP contribution in [0.1, 0.15) is 45.4 Å². The molecule has 0 aliphatic heterocycles. The Bertz CT molecular complexity index is 164. The van der Waals surface area contributed by atoms with Crippen LogP contribution in [0.25, 0.3) is 0 Å². The van der Waals surface area contributed by atoms with Crippen molar-refractivity contribution in [3.8, 4) is 0 Å². The zero-order chi connectivity index (χ0) is 9.68. The molecule has 0 bridgehead atoms. The van der Waals surface area contributed by atoms with Crippen molar-refractivity contribution in [3.63, 3.8) is 0 Å². The van der Waals surface area contributed by atoms with E-state index in [-0.39, 0.29) is 12.1 Å². The van der Waals surface area contributed by atoms with Crippen LogP contribution in [-0.4, -0.2) is 17.5 Å². The monoisotopic (exact) mass is 204 g/mol. The van der Waals surface area contributed by atoms with Crippen LogP contribution in [0.3, 0.4) is 0 Å². The second-order valence-electron chi connectivity index (χ2n) is 3.57. The molecule has 13 heavy (non-hydrogen) atoms. The highest BCUT2D eigenvalue weighted by Crippen LogP contribution is 2.21. The second-order valence-corrected chi connectivity index (χ2v) is 4.10. The summed E-state index contributed by atoms with van der Waals surface area (Å²) in [4.78, 5) is 11.3. The molecule has 0 N–H and O–H groups in total. The smallest absolute Gasteiger partial charge is 0.324 e. The lowest BCUT2D eigenvalue weighted by Gasteiger charge is -2.22. The van der Waals surface area contributed by atoms with Gasteiger partial charge < -0.3 is 4.74 Å². The molecule has 0 aromatic rings. The Hall–Kier alpha value is -0.240. The molecule has 1 saturated carbocycles. The molecular formula is C10H17ClO2. The molecule has 1 unspecified atom stereocenters. The summed E-state index contributed by atoms with van der Waals surface area (Å²) in [7, 11) is 0. The van der Waals surface area contributed by atoms with Gasteiger partial charge >= 0.3 is 5.97 Å². The first kappa shape index (κ1) is 10.8. The van der Waals surface area contributed by atoms with E-state index in [1.165, 1.54) is 19.3 Å². The maximum Gasteiger partial charge on any atom is 0.324 e. The van der Waals surface area contributed by atoms with Crippen molar-refractivity contribution >= 4 is 17.6 Å². The summed E-state index contributed by atoms with van der Waals surface area (Å²) in [5.74, 6) is -0.240. The minimum atomic E-state index is -0.457. The highest BCUT2D eigenvalue weighted by Gasteiger charge is 2.21. The highest BCUT2D eigenvalue weighted by atomic mass is 35.5. The molecule has 0 aromatic heterocycles. The maximum absolute atomic E-state index is 11.3. The van der Waals surface area contributed by atoms with Crippen LogP contribution in [0, 0.1) is 0 Å². The number of rotatable bonds is 3. The number of alkyl halides is 1. The fourth-order valence-electron chi connectivity index (χ4n) is 1.59. The van der Waals surface area contributed by atoms with E-state index in [1.807, 2.05) is 6.92 Å². The van der Waals surface area contributed by atoms with E-state index in [1.54, 1.807) is 0 Å². The molecule has 2 nitrogen and oxygen atoms in total. The SMILES string of the molecule is CCC(Cl)C(=O)OC1CCCCC1. The number of carbonyl (C=O) groups excluding carboxylic acids is 1. The third-order valence-electron chi connectivity index (χ3n) is 2.45. The van der Waals surface area contributed by atoms with Crippen LogP contribution in [-0.2, 0) is 9.53 Å². The number of ether oxygens (including phenoxy) is 1. The molecular weight excluding hydrogens is 188 g/mol. The average Bonchev–Trinajstić information content (AvgIpc) is 2.18. The summed E-state index contributed by atoms with van der Waals surface area (Å²) >= 11 is 5.76. The molecule has 0 radical (unpaired) electrons. The Labute approximate surface area is 84.6 Å². The molecule has 76 valence electrons. The summed E-state index contributed by atoms with van der Waals surface area (Å²) in [5.41, 5.74) is 0. The zero-order valence-corrected chi connectivity index (χ0v) is 8.85. The Morgan fingerprint density at radius 3 is 2.62 bits per heavy atom. The molecule has 1 aliphatic carbocycles. The molecule has 1 aliphatic rings. The van der Waals surface area contributed by atoms with E-state index in [0.29, 0.717) is 6.42 Å². The standard InChI is InChI=1S/C10H17ClO2/c1-2-9(11)10(12)13-8-6-4-3-5-7-8/h8-9H,2-7H2,1H3. The van der Waals surface area contributed by atoms with Gasteiger partial charge in [0.1, 0.15) is 11.5 Å². The lowest BCUT2D eigenvalue weighted by atomic mass is 9.98. The summed E-state index contributed by atoms with van der Waals surface area (Å²) in [6, 6.07) is 0. The van der Waals surface area contributed by atoms with Gasteiger partial charge in [-0.2, -0.15) is 0 Å². The summed E-state index contributed by atoms with van der Waals surface area (Å²) < 4.78 is 5.27. The first-order valence-electron chi connectivity index (χ1n) is 5.08. The predicted octanol–water partition coefficient (Wildman–Crippen LogP) is 2.88. The van der Waals surface area contributed by atoms with Crippen molar-refractivity contribution in [2.24, 2.45) is 0 Å². The topological polar surface area (TPSA) is 26.3 Å². The van der Waals surface area contributed by atoms with E-state index in [0.717, 1.165) is 12.8 Å². The van der Waals surface area contributed by atoms with Gasteiger partial charge in [-0.3, -0.25) is 4.79 Å². The number of halogens is 1. The van der Waals surface area contributed by atoms with Gasteiger partial charge in [-0.1, -0.05) is 13.3 Å². The van der Waals surface area contributed by atoms with Gasteiger partial charge in [0.25, 0.3) is 0 Å². The van der Waals surface area contributed by atoms with Crippen molar-refractivity contribution in [1.82, 2.24) is 0 Å². The number of hydrogen-bond acceptors (Lipinski definition) is 2. The maximum atomic E-state index is 11.3. The summed E-state index contributed by atoms with van der Waals surface area (Å²) in [5, 5.41) is -0.457. The van der Waals surface area contributed by atoms with Crippen LogP contribution in [0.15, 0.2) is 0 Å². The molecule has 0 spiro atoms. The third kappa shape index (κ3) is 3.55. The average molecular weight is 205 g/mol. The number of hydrogen-bond donors (Lipinski definition) is 0. The number of esters is 1. The molecule has 1 atom stereocenters. The Morgan fingerprint density at radius 2 is 2.08 bits per heavy atom. The number of carbonyl (C=O) groups is 1. The minimum absolute atomic E-state index is 0.133. The van der Waals surface area contributed by atoms with Gasteiger partial charge in [-0.15, -0.1) is 11.6 Å².